The highest BCUT2D eigenvalue weighted by Gasteiger charge is 2.72. The van der Waals surface area contributed by atoms with Gasteiger partial charge >= 0.3 is 5.97 Å². The van der Waals surface area contributed by atoms with Crippen LogP contribution in [-0.2, 0) is 28.7 Å². The number of amides is 3. The number of aryl methyl sites for hydroxylation is 2. The first kappa shape index (κ1) is 32.7. The van der Waals surface area contributed by atoms with Crippen LogP contribution in [0.1, 0.15) is 49.0 Å². The van der Waals surface area contributed by atoms with E-state index < -0.39 is 47.7 Å². The van der Waals surface area contributed by atoms with Crippen molar-refractivity contribution in [2.75, 3.05) is 31.6 Å². The Kier molecular flexibility index (Phi) is 9.09. The Labute approximate surface area is 275 Å². The zero-order chi connectivity index (χ0) is 33.5. The maximum absolute atomic E-state index is 14.7. The molecule has 3 amide bonds. The maximum Gasteiger partial charge on any atom is 0.313 e. The lowest BCUT2D eigenvalue weighted by Crippen LogP contribution is -2.55. The van der Waals surface area contributed by atoms with Gasteiger partial charge in [0.1, 0.15) is 23.7 Å². The minimum Gasteiger partial charge on any atom is -0.455 e. The number of aliphatic hydroxyl groups is 1. The van der Waals surface area contributed by atoms with Crippen LogP contribution in [0.2, 0.25) is 0 Å². The topological polar surface area (TPSA) is 117 Å². The van der Waals surface area contributed by atoms with Gasteiger partial charge in [-0.1, -0.05) is 72.8 Å². The molecule has 1 spiro atoms. The third-order valence-corrected chi connectivity index (χ3v) is 10.2. The smallest absolute Gasteiger partial charge is 0.313 e. The molecule has 4 aliphatic heterocycles. The molecule has 7 atom stereocenters. The molecule has 2 aromatic rings. The van der Waals surface area contributed by atoms with Gasteiger partial charge in [0, 0.05) is 38.9 Å². The van der Waals surface area contributed by atoms with Crippen LogP contribution in [0.5, 0.6) is 0 Å². The monoisotopic (exact) mass is 641 g/mol. The van der Waals surface area contributed by atoms with E-state index in [0.717, 1.165) is 22.4 Å². The molecule has 0 saturated carbocycles. The van der Waals surface area contributed by atoms with Gasteiger partial charge in [-0.25, -0.2) is 0 Å². The summed E-state index contributed by atoms with van der Waals surface area (Å²) in [6, 6.07) is 13.5. The number of ether oxygens (including phenoxy) is 2. The maximum atomic E-state index is 14.7. The molecule has 4 aliphatic rings. The predicted molar refractivity (Wildman–Crippen MR) is 175 cm³/mol. The number of aliphatic hydroxyl groups excluding tert-OH is 1. The highest BCUT2D eigenvalue weighted by Crippen LogP contribution is 2.53. The highest BCUT2D eigenvalue weighted by atomic mass is 16.6. The number of allylic oxidation sites excluding steroid dienone is 1. The average molecular weight is 642 g/mol. The summed E-state index contributed by atoms with van der Waals surface area (Å²) in [5, 5.41) is 9.75. The molecule has 0 bridgehead atoms. The lowest BCUT2D eigenvalue weighted by atomic mass is 9.77. The lowest BCUT2D eigenvalue weighted by Gasteiger charge is -2.36. The number of para-hydroxylation sites is 1. The number of nitrogens with zero attached hydrogens (tertiary/aromatic N) is 3. The summed E-state index contributed by atoms with van der Waals surface area (Å²) < 4.78 is 13.1. The van der Waals surface area contributed by atoms with E-state index in [-0.39, 0.29) is 50.3 Å². The summed E-state index contributed by atoms with van der Waals surface area (Å²) in [5.41, 5.74) is 1.89. The molecule has 47 heavy (non-hydrogen) atoms. The van der Waals surface area contributed by atoms with Crippen molar-refractivity contribution >= 4 is 29.4 Å². The number of fused-ring (bicyclic) bond motifs is 2. The van der Waals surface area contributed by atoms with Crippen LogP contribution in [-0.4, -0.2) is 89.1 Å². The van der Waals surface area contributed by atoms with Crippen molar-refractivity contribution < 1.29 is 33.8 Å². The average Bonchev–Trinajstić information content (AvgIpc) is 3.45. The second kappa shape index (κ2) is 13.1. The van der Waals surface area contributed by atoms with Gasteiger partial charge < -0.3 is 29.3 Å². The van der Waals surface area contributed by atoms with Crippen molar-refractivity contribution in [2.24, 2.45) is 11.8 Å². The Balaban J connectivity index is 1.46. The van der Waals surface area contributed by atoms with Crippen LogP contribution in [0.4, 0.5) is 5.69 Å². The molecule has 10 heteroatoms. The normalized spacial score (nSPS) is 31.8. The minimum absolute atomic E-state index is 0.0855. The van der Waals surface area contributed by atoms with Gasteiger partial charge in [-0.3, -0.25) is 19.2 Å². The van der Waals surface area contributed by atoms with Crippen LogP contribution >= 0.6 is 0 Å². The Bertz CT molecular complexity index is 1590. The molecule has 6 rings (SSSR count). The van der Waals surface area contributed by atoms with E-state index in [0.29, 0.717) is 6.42 Å². The summed E-state index contributed by atoms with van der Waals surface area (Å²) in [6.07, 6.45) is 6.45. The molecule has 2 aromatic carbocycles. The van der Waals surface area contributed by atoms with E-state index in [4.69, 9.17) is 9.47 Å². The van der Waals surface area contributed by atoms with Gasteiger partial charge in [-0.2, -0.15) is 0 Å². The number of carbonyl (C=O) groups is 4. The van der Waals surface area contributed by atoms with Crippen molar-refractivity contribution in [3.63, 3.8) is 0 Å². The first-order chi connectivity index (χ1) is 22.6. The number of esters is 1. The van der Waals surface area contributed by atoms with E-state index in [1.54, 1.807) is 29.0 Å². The van der Waals surface area contributed by atoms with Crippen LogP contribution in [0.3, 0.4) is 0 Å². The van der Waals surface area contributed by atoms with Gasteiger partial charge in [-0.05, 0) is 50.3 Å². The van der Waals surface area contributed by atoms with Crippen LogP contribution in [0.25, 0.3) is 0 Å². The van der Waals surface area contributed by atoms with Crippen LogP contribution in [0.15, 0.2) is 72.8 Å². The summed E-state index contributed by atoms with van der Waals surface area (Å²) >= 11 is 0. The predicted octanol–water partition coefficient (Wildman–Crippen LogP) is 3.65. The van der Waals surface area contributed by atoms with Crippen LogP contribution in [0, 0.1) is 25.7 Å². The van der Waals surface area contributed by atoms with Crippen molar-refractivity contribution in [1.82, 2.24) is 9.80 Å². The van der Waals surface area contributed by atoms with Gasteiger partial charge in [0.25, 0.3) is 5.91 Å². The molecule has 2 saturated heterocycles. The van der Waals surface area contributed by atoms with Crippen molar-refractivity contribution in [3.8, 4) is 0 Å². The third-order valence-electron chi connectivity index (χ3n) is 10.2. The Morgan fingerprint density at radius 1 is 0.957 bits per heavy atom. The van der Waals surface area contributed by atoms with Crippen molar-refractivity contribution in [3.05, 3.63) is 89.5 Å². The zero-order valence-corrected chi connectivity index (χ0v) is 27.4. The molecular weight excluding hydrogens is 598 g/mol. The molecular formula is C37H43N3O7. The molecule has 0 radical (unpaired) electrons. The molecule has 2 fully saturated rings. The molecule has 0 aromatic heterocycles. The summed E-state index contributed by atoms with van der Waals surface area (Å²) in [5.74, 6) is -3.50. The Morgan fingerprint density at radius 3 is 2.38 bits per heavy atom. The second-order valence-electron chi connectivity index (χ2n) is 13.0. The quantitative estimate of drug-likeness (QED) is 0.392. The van der Waals surface area contributed by atoms with Gasteiger partial charge in [0.15, 0.2) is 0 Å². The summed E-state index contributed by atoms with van der Waals surface area (Å²) in [7, 11) is 1.71. The van der Waals surface area contributed by atoms with E-state index in [1.807, 2.05) is 81.5 Å². The fraction of sp³-hybridized carbons (Fsp3) is 0.459. The largest absolute Gasteiger partial charge is 0.455 e. The molecule has 0 unspecified atom stereocenters. The minimum atomic E-state index is -1.45. The fourth-order valence-corrected chi connectivity index (χ4v) is 7.80. The third kappa shape index (κ3) is 5.57. The Hall–Kier alpha value is -4.28. The van der Waals surface area contributed by atoms with E-state index in [2.05, 4.69) is 0 Å². The van der Waals surface area contributed by atoms with E-state index in [1.165, 1.54) is 4.90 Å². The zero-order valence-electron chi connectivity index (χ0n) is 27.4. The van der Waals surface area contributed by atoms with E-state index >= 15 is 0 Å². The number of rotatable bonds is 5. The number of benzene rings is 2. The fourth-order valence-electron chi connectivity index (χ4n) is 7.80. The molecule has 10 nitrogen and oxygen atoms in total. The first-order valence-electron chi connectivity index (χ1n) is 16.4. The van der Waals surface area contributed by atoms with Gasteiger partial charge in [0.05, 0.1) is 18.1 Å². The standard InChI is InChI=1S/C37H43N3O7/c1-23-13-10-14-24(2)31(23)39-20-11-19-37-30(34(43)40(21-12-22-41)33(37)35(39)44)29-27(47-37)17-8-9-18-28(42)38(4)25(3)32(46-36(29)45)26-15-6-5-7-16-26/h5-8,10-11,13-17,19,25,27,29-30,32-33,41H,9,12,18,20-22H2,1-4H3/b17-8-/t25-,27-,29+,30+,32+,33-,37+/m1/s1. The highest BCUT2D eigenvalue weighted by molar-refractivity contribution is 6.06. The SMILES string of the molecule is Cc1cccc(C)c1N1CC=C[C@]23O[C@@H]4/C=C\CCC(=O)N(C)[C@H](C)[C@@H](c5ccccc5)OC(=O)[C@@H]4[C@H]2C(=O)N(CCCO)[C@@H]3C1=O. The number of likely N-dealkylation sites (tertiary alicyclic amines) is 1. The summed E-state index contributed by atoms with van der Waals surface area (Å²) in [6.45, 7) is 5.96. The molecule has 4 heterocycles. The van der Waals surface area contributed by atoms with Crippen LogP contribution < -0.4 is 4.90 Å². The lowest BCUT2D eigenvalue weighted by molar-refractivity contribution is -0.164. The Morgan fingerprint density at radius 2 is 1.68 bits per heavy atom. The number of anilines is 1. The van der Waals surface area contributed by atoms with Crippen molar-refractivity contribution in [1.29, 1.82) is 0 Å². The molecule has 248 valence electrons. The summed E-state index contributed by atoms with van der Waals surface area (Å²) in [4.78, 5) is 61.7. The number of hydrogen-bond acceptors (Lipinski definition) is 7. The van der Waals surface area contributed by atoms with E-state index in [9.17, 15) is 24.3 Å². The van der Waals surface area contributed by atoms with Gasteiger partial charge in [0.2, 0.25) is 11.8 Å². The number of hydrogen-bond donors (Lipinski definition) is 1. The first-order valence-corrected chi connectivity index (χ1v) is 16.4. The van der Waals surface area contributed by atoms with Crippen molar-refractivity contribution in [2.45, 2.75) is 69.9 Å². The molecule has 1 N–H and O–H groups in total. The van der Waals surface area contributed by atoms with Gasteiger partial charge in [-0.15, -0.1) is 0 Å². The number of likely N-dealkylation sites (N-methyl/N-ethyl adjacent to an activating group) is 1. The second-order valence-corrected chi connectivity index (χ2v) is 13.0. The number of cyclic esters (lactones) is 1. The molecule has 0 aliphatic carbocycles. The number of carbonyl (C=O) groups excluding carboxylic acids is 4.